The van der Waals surface area contributed by atoms with Crippen molar-refractivity contribution in [1.29, 1.82) is 0 Å². The van der Waals surface area contributed by atoms with Crippen molar-refractivity contribution in [1.82, 2.24) is 5.32 Å². The molecule has 0 fully saturated rings. The molecule has 0 saturated heterocycles. The molecule has 4 nitrogen and oxygen atoms in total. The van der Waals surface area contributed by atoms with Gasteiger partial charge < -0.3 is 11.1 Å². The van der Waals surface area contributed by atoms with Crippen molar-refractivity contribution in [3.63, 3.8) is 0 Å². The normalized spacial score (nSPS) is 18.0. The van der Waals surface area contributed by atoms with E-state index in [0.717, 1.165) is 51.4 Å². The summed E-state index contributed by atoms with van der Waals surface area (Å²) >= 11 is 0. The number of nitrogens with one attached hydrogen (secondary N) is 1. The van der Waals surface area contributed by atoms with Gasteiger partial charge in [-0.15, -0.1) is 0 Å². The number of carbonyl (C=O) groups excluding carboxylic acids is 1. The summed E-state index contributed by atoms with van der Waals surface area (Å²) in [7, 11) is 0. The Bertz CT molecular complexity index is 276. The zero-order valence-electron chi connectivity index (χ0n) is 11.1. The summed E-state index contributed by atoms with van der Waals surface area (Å²) in [6.45, 7) is 4.33. The van der Waals surface area contributed by atoms with Gasteiger partial charge in [0.05, 0.1) is 0 Å². The molecule has 1 rings (SSSR count). The molecule has 0 spiro atoms. The molecule has 1 heterocycles. The maximum Gasteiger partial charge on any atom is 0.274 e. The Morgan fingerprint density at radius 3 is 2.00 bits per heavy atom. The number of carbonyl (C=O) groups is 1. The molecule has 0 aromatic carbocycles. The van der Waals surface area contributed by atoms with Gasteiger partial charge in [-0.2, -0.15) is 4.99 Å². The highest BCUT2D eigenvalue weighted by molar-refractivity contribution is 6.05. The van der Waals surface area contributed by atoms with Gasteiger partial charge in [0.1, 0.15) is 5.54 Å². The van der Waals surface area contributed by atoms with Gasteiger partial charge in [0.25, 0.3) is 5.91 Å². The summed E-state index contributed by atoms with van der Waals surface area (Å²) in [6.07, 6.45) is 8.47. The topological polar surface area (TPSA) is 67.5 Å². The molecule has 0 radical (unpaired) electrons. The van der Waals surface area contributed by atoms with Crippen LogP contribution in [0.1, 0.15) is 65.2 Å². The van der Waals surface area contributed by atoms with E-state index < -0.39 is 5.54 Å². The number of guanidine groups is 1. The molecule has 0 aromatic rings. The maximum atomic E-state index is 12.0. The SMILES string of the molecule is CCCCCC1(CCCCC)NC(N)=NC1=O. The number of amides is 1. The summed E-state index contributed by atoms with van der Waals surface area (Å²) in [5.41, 5.74) is 5.14. The summed E-state index contributed by atoms with van der Waals surface area (Å²) in [6, 6.07) is 0. The molecular weight excluding hydrogens is 214 g/mol. The number of nitrogens with zero attached hydrogens (tertiary/aromatic N) is 1. The van der Waals surface area contributed by atoms with E-state index in [9.17, 15) is 4.79 Å². The highest BCUT2D eigenvalue weighted by atomic mass is 16.2. The van der Waals surface area contributed by atoms with Crippen LogP contribution in [0.3, 0.4) is 0 Å². The minimum Gasteiger partial charge on any atom is -0.370 e. The van der Waals surface area contributed by atoms with Crippen LogP contribution in [0.5, 0.6) is 0 Å². The fourth-order valence-corrected chi connectivity index (χ4v) is 2.36. The molecule has 0 aliphatic carbocycles. The van der Waals surface area contributed by atoms with Gasteiger partial charge in [0.15, 0.2) is 5.96 Å². The van der Waals surface area contributed by atoms with E-state index in [2.05, 4.69) is 24.2 Å². The quantitative estimate of drug-likeness (QED) is 0.639. The first-order chi connectivity index (χ1) is 8.14. The van der Waals surface area contributed by atoms with Crippen LogP contribution in [0.25, 0.3) is 0 Å². The monoisotopic (exact) mass is 239 g/mol. The number of nitrogens with two attached hydrogens (primary N) is 1. The standard InChI is InChI=1S/C13H25N3O/c1-3-5-7-9-13(10-8-6-4-2)11(17)15-12(14)16-13/h3-10H2,1-2H3,(H3,14,15,16,17). The Morgan fingerprint density at radius 2 is 1.65 bits per heavy atom. The molecule has 1 amide bonds. The van der Waals surface area contributed by atoms with E-state index in [1.165, 1.54) is 0 Å². The van der Waals surface area contributed by atoms with E-state index in [4.69, 9.17) is 5.73 Å². The molecule has 1 aliphatic rings. The molecule has 17 heavy (non-hydrogen) atoms. The molecular formula is C13H25N3O. The lowest BCUT2D eigenvalue weighted by Crippen LogP contribution is -2.50. The first-order valence-electron chi connectivity index (χ1n) is 6.81. The minimum absolute atomic E-state index is 0.0674. The zero-order valence-corrected chi connectivity index (χ0v) is 11.1. The lowest BCUT2D eigenvalue weighted by atomic mass is 9.86. The Kier molecular flexibility index (Phi) is 5.45. The van der Waals surface area contributed by atoms with Gasteiger partial charge in [-0.1, -0.05) is 52.4 Å². The van der Waals surface area contributed by atoms with Crippen LogP contribution in [0.4, 0.5) is 0 Å². The van der Waals surface area contributed by atoms with Crippen molar-refractivity contribution < 1.29 is 4.79 Å². The summed E-state index contributed by atoms with van der Waals surface area (Å²) in [5, 5.41) is 3.11. The van der Waals surface area contributed by atoms with Gasteiger partial charge in [0.2, 0.25) is 0 Å². The van der Waals surface area contributed by atoms with E-state index in [-0.39, 0.29) is 5.91 Å². The van der Waals surface area contributed by atoms with Crippen LogP contribution in [0, 0.1) is 0 Å². The van der Waals surface area contributed by atoms with Crippen molar-refractivity contribution in [3.05, 3.63) is 0 Å². The van der Waals surface area contributed by atoms with Crippen LogP contribution < -0.4 is 11.1 Å². The Morgan fingerprint density at radius 1 is 1.12 bits per heavy atom. The van der Waals surface area contributed by atoms with E-state index >= 15 is 0 Å². The van der Waals surface area contributed by atoms with Gasteiger partial charge >= 0.3 is 0 Å². The molecule has 0 saturated carbocycles. The Labute approximate surface area is 104 Å². The molecule has 98 valence electrons. The first kappa shape index (κ1) is 14.0. The smallest absolute Gasteiger partial charge is 0.274 e. The zero-order chi connectivity index (χ0) is 12.7. The third-order valence-electron chi connectivity index (χ3n) is 3.41. The molecule has 0 aromatic heterocycles. The number of hydrogen-bond donors (Lipinski definition) is 2. The molecule has 0 bridgehead atoms. The van der Waals surface area contributed by atoms with E-state index in [0.29, 0.717) is 5.96 Å². The summed E-state index contributed by atoms with van der Waals surface area (Å²) < 4.78 is 0. The van der Waals surface area contributed by atoms with Crippen LogP contribution in [-0.2, 0) is 4.79 Å². The number of rotatable bonds is 8. The Balaban J connectivity index is 2.55. The third kappa shape index (κ3) is 3.72. The van der Waals surface area contributed by atoms with Crippen molar-refractivity contribution in [2.45, 2.75) is 70.8 Å². The first-order valence-corrected chi connectivity index (χ1v) is 6.81. The van der Waals surface area contributed by atoms with Gasteiger partial charge in [0, 0.05) is 0 Å². The highest BCUT2D eigenvalue weighted by Crippen LogP contribution is 2.26. The lowest BCUT2D eigenvalue weighted by molar-refractivity contribution is -0.123. The van der Waals surface area contributed by atoms with Crippen molar-refractivity contribution in [2.24, 2.45) is 10.7 Å². The van der Waals surface area contributed by atoms with Gasteiger partial charge in [-0.05, 0) is 12.8 Å². The fourth-order valence-electron chi connectivity index (χ4n) is 2.36. The second-order valence-corrected chi connectivity index (χ2v) is 4.92. The molecule has 0 unspecified atom stereocenters. The molecule has 0 atom stereocenters. The number of hydrogen-bond acceptors (Lipinski definition) is 3. The van der Waals surface area contributed by atoms with Crippen molar-refractivity contribution in [3.8, 4) is 0 Å². The minimum atomic E-state index is -0.492. The van der Waals surface area contributed by atoms with Crippen LogP contribution in [0.2, 0.25) is 0 Å². The lowest BCUT2D eigenvalue weighted by Gasteiger charge is -2.27. The van der Waals surface area contributed by atoms with Gasteiger partial charge in [-0.25, -0.2) is 0 Å². The average molecular weight is 239 g/mol. The predicted molar refractivity (Wildman–Crippen MR) is 70.8 cm³/mol. The predicted octanol–water partition coefficient (Wildman–Crippen LogP) is 2.33. The molecule has 4 heteroatoms. The van der Waals surface area contributed by atoms with Crippen LogP contribution in [-0.4, -0.2) is 17.4 Å². The average Bonchev–Trinajstić information content (AvgIpc) is 2.55. The summed E-state index contributed by atoms with van der Waals surface area (Å²) in [5.74, 6) is 0.227. The molecule has 1 aliphatic heterocycles. The van der Waals surface area contributed by atoms with Gasteiger partial charge in [-0.3, -0.25) is 4.79 Å². The fraction of sp³-hybridized carbons (Fsp3) is 0.846. The van der Waals surface area contributed by atoms with Crippen molar-refractivity contribution in [2.75, 3.05) is 0 Å². The van der Waals surface area contributed by atoms with Crippen LogP contribution >= 0.6 is 0 Å². The highest BCUT2D eigenvalue weighted by Gasteiger charge is 2.41. The Hall–Kier alpha value is -1.06. The maximum absolute atomic E-state index is 12.0. The van der Waals surface area contributed by atoms with E-state index in [1.54, 1.807) is 0 Å². The number of unbranched alkanes of at least 4 members (excludes halogenated alkanes) is 4. The van der Waals surface area contributed by atoms with E-state index in [1.807, 2.05) is 0 Å². The van der Waals surface area contributed by atoms with Crippen molar-refractivity contribution >= 4 is 11.9 Å². The summed E-state index contributed by atoms with van der Waals surface area (Å²) in [4.78, 5) is 15.8. The van der Waals surface area contributed by atoms with Crippen LogP contribution in [0.15, 0.2) is 4.99 Å². The second kappa shape index (κ2) is 6.62. The number of aliphatic imine (C=N–C) groups is 1. The second-order valence-electron chi connectivity index (χ2n) is 4.92. The molecule has 3 N–H and O–H groups in total. The third-order valence-corrected chi connectivity index (χ3v) is 3.41. The largest absolute Gasteiger partial charge is 0.370 e.